The molecule has 1 aliphatic carbocycles. The molecule has 0 saturated heterocycles. The van der Waals surface area contributed by atoms with Crippen LogP contribution in [-0.4, -0.2) is 19.3 Å². The van der Waals surface area contributed by atoms with Crippen LogP contribution in [-0.2, 0) is 21.2 Å². The molecule has 1 aliphatic heterocycles. The molecule has 1 aromatic carbocycles. The van der Waals surface area contributed by atoms with Gasteiger partial charge in [0.15, 0.2) is 5.89 Å². The van der Waals surface area contributed by atoms with Crippen molar-refractivity contribution in [3.8, 4) is 0 Å². The molecule has 1 saturated carbocycles. The van der Waals surface area contributed by atoms with Gasteiger partial charge in [0.1, 0.15) is 0 Å². The van der Waals surface area contributed by atoms with Crippen LogP contribution in [0.5, 0.6) is 0 Å². The molecule has 2 aliphatic rings. The van der Waals surface area contributed by atoms with Gasteiger partial charge in [-0.25, -0.2) is 4.98 Å². The van der Waals surface area contributed by atoms with Crippen LogP contribution in [0.4, 0.5) is 11.4 Å². The largest absolute Gasteiger partial charge is 0.427 e. The molecule has 2 aromatic rings. The Morgan fingerprint density at radius 2 is 2.14 bits per heavy atom. The summed E-state index contributed by atoms with van der Waals surface area (Å²) in [5.41, 5.74) is 1.59. The first kappa shape index (κ1) is 13.3. The fourth-order valence-electron chi connectivity index (χ4n) is 2.45. The molecule has 1 fully saturated rings. The van der Waals surface area contributed by atoms with E-state index >= 15 is 0 Å². The molecular formula is C14H13N3O4S. The number of carbonyl (C=O) groups is 1. The number of para-hydroxylation sites is 1. The lowest BCUT2D eigenvalue weighted by atomic mass is 10.1. The quantitative estimate of drug-likeness (QED) is 0.895. The third-order valence-corrected chi connectivity index (χ3v) is 4.91. The summed E-state index contributed by atoms with van der Waals surface area (Å²) < 4.78 is 32.6. The highest BCUT2D eigenvalue weighted by Gasteiger charge is 2.31. The third-order valence-electron chi connectivity index (χ3n) is 3.70. The molecule has 0 bridgehead atoms. The van der Waals surface area contributed by atoms with Gasteiger partial charge in [0, 0.05) is 5.92 Å². The number of oxazole rings is 1. The lowest BCUT2D eigenvalue weighted by Gasteiger charge is -2.09. The van der Waals surface area contributed by atoms with Crippen LogP contribution in [0.1, 0.15) is 30.2 Å². The summed E-state index contributed by atoms with van der Waals surface area (Å²) in [4.78, 5) is 15.5. The first-order valence-electron chi connectivity index (χ1n) is 6.93. The minimum Gasteiger partial charge on any atom is -0.427 e. The highest BCUT2D eigenvalue weighted by molar-refractivity contribution is 7.92. The fraction of sp³-hybridized carbons (Fsp3) is 0.286. The molecule has 0 atom stereocenters. The number of fused-ring (bicyclic) bond motifs is 1. The van der Waals surface area contributed by atoms with Crippen LogP contribution in [0.15, 0.2) is 33.9 Å². The van der Waals surface area contributed by atoms with Crippen molar-refractivity contribution < 1.29 is 17.6 Å². The Hall–Kier alpha value is -2.35. The molecule has 0 unspecified atom stereocenters. The van der Waals surface area contributed by atoms with Crippen molar-refractivity contribution in [1.29, 1.82) is 0 Å². The average Bonchev–Trinajstić information content (AvgIpc) is 3.04. The van der Waals surface area contributed by atoms with Crippen molar-refractivity contribution >= 4 is 27.3 Å². The van der Waals surface area contributed by atoms with Crippen molar-refractivity contribution in [3.05, 3.63) is 35.9 Å². The second-order valence-corrected chi connectivity index (χ2v) is 7.08. The summed E-state index contributed by atoms with van der Waals surface area (Å²) in [7, 11) is -3.87. The lowest BCUT2D eigenvalue weighted by Crippen LogP contribution is -2.14. The maximum absolute atomic E-state index is 12.4. The number of aromatic nitrogens is 1. The normalized spacial score (nSPS) is 17.2. The standard InChI is InChI=1S/C14H13N3O4S/c18-11-6-9-2-1-3-10(13(9)16-11)17-22(19,20)12-7-15-14(21-12)8-4-5-8/h1-3,7-8,17H,4-6H2,(H,16,18). The van der Waals surface area contributed by atoms with E-state index in [2.05, 4.69) is 15.0 Å². The zero-order valence-corrected chi connectivity index (χ0v) is 12.3. The number of sulfonamides is 1. The molecule has 2 heterocycles. The van der Waals surface area contributed by atoms with Gasteiger partial charge in [0.05, 0.1) is 24.0 Å². The molecular weight excluding hydrogens is 306 g/mol. The van der Waals surface area contributed by atoms with Crippen LogP contribution >= 0.6 is 0 Å². The predicted octanol–water partition coefficient (Wildman–Crippen LogP) is 1.85. The van der Waals surface area contributed by atoms with E-state index in [1.165, 1.54) is 6.20 Å². The van der Waals surface area contributed by atoms with Crippen LogP contribution in [0, 0.1) is 0 Å². The zero-order chi connectivity index (χ0) is 15.3. The van der Waals surface area contributed by atoms with Gasteiger partial charge in [-0.05, 0) is 24.5 Å². The van der Waals surface area contributed by atoms with Gasteiger partial charge in [0.2, 0.25) is 5.91 Å². The highest BCUT2D eigenvalue weighted by Crippen LogP contribution is 2.40. The van der Waals surface area contributed by atoms with Crippen molar-refractivity contribution in [2.75, 3.05) is 10.0 Å². The van der Waals surface area contributed by atoms with E-state index in [9.17, 15) is 13.2 Å². The minimum atomic E-state index is -3.87. The Bertz CT molecular complexity index is 868. The SMILES string of the molecule is O=C1Cc2cccc(NS(=O)(=O)c3cnc(C4CC4)o3)c2N1. The first-order chi connectivity index (χ1) is 10.5. The topological polar surface area (TPSA) is 101 Å². The van der Waals surface area contributed by atoms with Crippen molar-refractivity contribution in [1.82, 2.24) is 4.98 Å². The van der Waals surface area contributed by atoms with E-state index in [1.54, 1.807) is 18.2 Å². The molecule has 1 aromatic heterocycles. The Labute approximate surface area is 126 Å². The third kappa shape index (κ3) is 2.25. The summed E-state index contributed by atoms with van der Waals surface area (Å²) in [5, 5.41) is 2.45. The number of nitrogens with zero attached hydrogens (tertiary/aromatic N) is 1. The molecule has 114 valence electrons. The molecule has 7 nitrogen and oxygen atoms in total. The second kappa shape index (κ2) is 4.57. The minimum absolute atomic E-state index is 0.155. The maximum Gasteiger partial charge on any atom is 0.297 e. The van der Waals surface area contributed by atoms with Crippen LogP contribution < -0.4 is 10.0 Å². The molecule has 0 spiro atoms. The summed E-state index contributed by atoms with van der Waals surface area (Å²) in [5.74, 6) is 0.550. The lowest BCUT2D eigenvalue weighted by molar-refractivity contribution is -0.115. The van der Waals surface area contributed by atoms with Crippen LogP contribution in [0.3, 0.4) is 0 Å². The number of amides is 1. The Balaban J connectivity index is 1.65. The number of nitrogens with one attached hydrogen (secondary N) is 2. The molecule has 1 amide bonds. The van der Waals surface area contributed by atoms with Crippen molar-refractivity contribution in [2.45, 2.75) is 30.3 Å². The summed E-state index contributed by atoms with van der Waals surface area (Å²) in [6, 6.07) is 5.08. The Morgan fingerprint density at radius 3 is 2.91 bits per heavy atom. The maximum atomic E-state index is 12.4. The summed E-state index contributed by atoms with van der Waals surface area (Å²) in [6.07, 6.45) is 3.42. The molecule has 4 rings (SSSR count). The van der Waals surface area contributed by atoms with E-state index in [0.29, 0.717) is 17.3 Å². The fourth-order valence-corrected chi connectivity index (χ4v) is 3.39. The number of benzene rings is 1. The van der Waals surface area contributed by atoms with E-state index in [0.717, 1.165) is 18.4 Å². The van der Waals surface area contributed by atoms with E-state index < -0.39 is 10.0 Å². The molecule has 8 heteroatoms. The zero-order valence-electron chi connectivity index (χ0n) is 11.5. The number of hydrogen-bond acceptors (Lipinski definition) is 5. The van der Waals surface area contributed by atoms with E-state index in [4.69, 9.17) is 4.42 Å². The van der Waals surface area contributed by atoms with Gasteiger partial charge in [-0.15, -0.1) is 0 Å². The van der Waals surface area contributed by atoms with Crippen molar-refractivity contribution in [2.24, 2.45) is 0 Å². The van der Waals surface area contributed by atoms with Gasteiger partial charge in [0.25, 0.3) is 15.1 Å². The number of carbonyl (C=O) groups excluding carboxylic acids is 1. The van der Waals surface area contributed by atoms with Crippen LogP contribution in [0.2, 0.25) is 0 Å². The monoisotopic (exact) mass is 319 g/mol. The van der Waals surface area contributed by atoms with Gasteiger partial charge >= 0.3 is 0 Å². The predicted molar refractivity (Wildman–Crippen MR) is 78.1 cm³/mol. The van der Waals surface area contributed by atoms with Gasteiger partial charge < -0.3 is 9.73 Å². The smallest absolute Gasteiger partial charge is 0.297 e. The first-order valence-corrected chi connectivity index (χ1v) is 8.41. The second-order valence-electron chi connectivity index (χ2n) is 5.46. The average molecular weight is 319 g/mol. The number of rotatable bonds is 4. The van der Waals surface area contributed by atoms with Gasteiger partial charge in [-0.2, -0.15) is 8.42 Å². The van der Waals surface area contributed by atoms with Crippen LogP contribution in [0.25, 0.3) is 0 Å². The highest BCUT2D eigenvalue weighted by atomic mass is 32.2. The Kier molecular flexibility index (Phi) is 2.77. The Morgan fingerprint density at radius 1 is 1.32 bits per heavy atom. The van der Waals surface area contributed by atoms with E-state index in [-0.39, 0.29) is 23.3 Å². The molecule has 22 heavy (non-hydrogen) atoms. The molecule has 0 radical (unpaired) electrons. The van der Waals surface area contributed by atoms with Gasteiger partial charge in [-0.3, -0.25) is 9.52 Å². The summed E-state index contributed by atoms with van der Waals surface area (Å²) >= 11 is 0. The number of anilines is 2. The molecule has 2 N–H and O–H groups in total. The summed E-state index contributed by atoms with van der Waals surface area (Å²) in [6.45, 7) is 0. The number of hydrogen-bond donors (Lipinski definition) is 2. The van der Waals surface area contributed by atoms with Gasteiger partial charge in [-0.1, -0.05) is 12.1 Å². The van der Waals surface area contributed by atoms with Crippen molar-refractivity contribution in [3.63, 3.8) is 0 Å². The van der Waals surface area contributed by atoms with E-state index in [1.807, 2.05) is 0 Å².